The number of hydrogen-bond acceptors (Lipinski definition) is 0. The van der Waals surface area contributed by atoms with E-state index in [-0.39, 0.29) is 38.0 Å². The highest BCUT2D eigenvalue weighted by Crippen LogP contribution is 2.62. The van der Waals surface area contributed by atoms with Crippen molar-refractivity contribution in [2.24, 2.45) is 5.41 Å². The lowest BCUT2D eigenvalue weighted by Crippen LogP contribution is -2.69. The first-order valence-electron chi connectivity index (χ1n) is 22.5. The van der Waals surface area contributed by atoms with Gasteiger partial charge in [-0.25, -0.2) is 0 Å². The second-order valence-electron chi connectivity index (χ2n) is 21.7. The zero-order valence-electron chi connectivity index (χ0n) is 38.3. The van der Waals surface area contributed by atoms with Crippen LogP contribution in [0, 0.1) is 12.3 Å². The van der Waals surface area contributed by atoms with Gasteiger partial charge in [0.2, 0.25) is 11.4 Å². The van der Waals surface area contributed by atoms with Gasteiger partial charge in [0.05, 0.1) is 11.0 Å². The summed E-state index contributed by atoms with van der Waals surface area (Å²) in [5.41, 5.74) is 16.8. The third-order valence-electron chi connectivity index (χ3n) is 17.5. The van der Waals surface area contributed by atoms with E-state index in [4.69, 9.17) is 0 Å². The molecule has 2 aliphatic carbocycles. The first-order chi connectivity index (χ1) is 26.1. The van der Waals surface area contributed by atoms with Crippen molar-refractivity contribution in [3.63, 3.8) is 0 Å². The van der Waals surface area contributed by atoms with Gasteiger partial charge in [0, 0.05) is 48.1 Å². The molecule has 2 atom stereocenters. The van der Waals surface area contributed by atoms with E-state index in [9.17, 15) is 0 Å². The van der Waals surface area contributed by atoms with Crippen LogP contribution in [0.15, 0.2) is 67.0 Å². The Morgan fingerprint density at radius 3 is 1.88 bits per heavy atom. The molecule has 0 radical (unpaired) electrons. The van der Waals surface area contributed by atoms with Gasteiger partial charge in [0.1, 0.15) is 6.54 Å². The molecule has 0 N–H and O–H groups in total. The van der Waals surface area contributed by atoms with Gasteiger partial charge in [-0.1, -0.05) is 121 Å². The van der Waals surface area contributed by atoms with Crippen LogP contribution < -0.4 is 9.13 Å². The maximum absolute atomic E-state index is 2.78. The van der Waals surface area contributed by atoms with Gasteiger partial charge in [-0.2, -0.15) is 9.13 Å². The van der Waals surface area contributed by atoms with E-state index < -0.39 is 0 Å². The van der Waals surface area contributed by atoms with E-state index in [1.165, 1.54) is 76.0 Å². The van der Waals surface area contributed by atoms with Gasteiger partial charge in [0.15, 0.2) is 17.9 Å². The summed E-state index contributed by atoms with van der Waals surface area (Å²) in [5.74, 6) is 0. The third kappa shape index (κ3) is 5.75. The molecule has 2 heteroatoms. The van der Waals surface area contributed by atoms with Gasteiger partial charge >= 0.3 is 0 Å². The van der Waals surface area contributed by atoms with Crippen LogP contribution in [-0.2, 0) is 45.6 Å². The van der Waals surface area contributed by atoms with Crippen LogP contribution in [0.5, 0.6) is 0 Å². The molecule has 2 aromatic heterocycles. The van der Waals surface area contributed by atoms with Crippen molar-refractivity contribution >= 4 is 0 Å². The Labute approximate surface area is 342 Å². The summed E-state index contributed by atoms with van der Waals surface area (Å²) in [5, 5.41) is 0. The summed E-state index contributed by atoms with van der Waals surface area (Å²) < 4.78 is 5.49. The topological polar surface area (TPSA) is 7.76 Å². The monoisotopic (exact) mass is 753 g/mol. The number of benzene rings is 2. The minimum atomic E-state index is -0.0332. The molecule has 2 aromatic carbocycles. The first kappa shape index (κ1) is 40.9. The number of nitrogens with zero attached hydrogens (tertiary/aromatic N) is 2. The van der Waals surface area contributed by atoms with Crippen LogP contribution in [0.3, 0.4) is 0 Å². The van der Waals surface area contributed by atoms with E-state index in [0.29, 0.717) is 0 Å². The van der Waals surface area contributed by atoms with E-state index in [2.05, 4.69) is 180 Å². The molecule has 7 rings (SSSR count). The quantitative estimate of drug-likeness (QED) is 0.143. The Morgan fingerprint density at radius 2 is 1.23 bits per heavy atom. The second kappa shape index (κ2) is 13.7. The fourth-order valence-corrected chi connectivity index (χ4v) is 12.0. The molecule has 56 heavy (non-hydrogen) atoms. The third-order valence-corrected chi connectivity index (χ3v) is 17.5. The van der Waals surface area contributed by atoms with Gasteiger partial charge in [0.25, 0.3) is 0 Å². The normalized spacial score (nSPS) is 24.6. The molecule has 4 aromatic rings. The molecule has 3 aliphatic rings. The molecular weight excluding hydrogens is 677 g/mol. The Balaban J connectivity index is 1.38. The fourth-order valence-electron chi connectivity index (χ4n) is 12.0. The largest absolute Gasteiger partial charge is 0.213 e. The van der Waals surface area contributed by atoms with Crippen molar-refractivity contribution < 1.29 is 9.13 Å². The lowest BCUT2D eigenvalue weighted by Gasteiger charge is -2.48. The van der Waals surface area contributed by atoms with Crippen molar-refractivity contribution in [3.05, 3.63) is 106 Å². The number of hydrogen-bond donors (Lipinski definition) is 0. The average Bonchev–Trinajstić information content (AvgIpc) is 3.26. The van der Waals surface area contributed by atoms with Crippen LogP contribution in [0.2, 0.25) is 0 Å². The maximum atomic E-state index is 2.78. The molecule has 3 heterocycles. The fraction of sp³-hybridized carbons (Fsp3) is 0.593. The number of aromatic nitrogens is 2. The summed E-state index contributed by atoms with van der Waals surface area (Å²) in [6.07, 6.45) is 15.7. The van der Waals surface area contributed by atoms with Crippen LogP contribution in [0.4, 0.5) is 0 Å². The van der Waals surface area contributed by atoms with Gasteiger partial charge < -0.3 is 0 Å². The summed E-state index contributed by atoms with van der Waals surface area (Å²) in [4.78, 5) is 0. The highest BCUT2D eigenvalue weighted by Gasteiger charge is 2.60. The molecule has 0 bridgehead atoms. The van der Waals surface area contributed by atoms with Crippen LogP contribution in [0.25, 0.3) is 22.5 Å². The molecule has 0 fully saturated rings. The van der Waals surface area contributed by atoms with E-state index in [1.807, 2.05) is 0 Å². The van der Waals surface area contributed by atoms with Crippen molar-refractivity contribution in [1.29, 1.82) is 0 Å². The molecule has 0 saturated carbocycles. The Kier molecular flexibility index (Phi) is 9.98. The molecule has 2 unspecified atom stereocenters. The SMILES string of the molecule is CCCCc1ccc2[n+](c1)C(CC)(CCC[n+]1cc3c(cc1-c1cc4c(cc1C)C(C)(C)C(C)(C)C4(C)C)C(C)(C)CCC3(C)C)C(C)(CC)c1ccccc1-2. The van der Waals surface area contributed by atoms with Crippen molar-refractivity contribution in [3.8, 4) is 22.5 Å². The molecule has 300 valence electrons. The lowest BCUT2D eigenvalue weighted by atomic mass is 9.58. The Hall–Kier alpha value is -3.26. The van der Waals surface area contributed by atoms with Gasteiger partial charge in [-0.3, -0.25) is 0 Å². The Morgan fingerprint density at radius 1 is 0.589 bits per heavy atom. The maximum Gasteiger partial charge on any atom is 0.213 e. The number of rotatable bonds is 10. The van der Waals surface area contributed by atoms with Crippen molar-refractivity contribution in [1.82, 2.24) is 0 Å². The Bertz CT molecular complexity index is 2160. The zero-order valence-corrected chi connectivity index (χ0v) is 38.3. The van der Waals surface area contributed by atoms with Gasteiger partial charge in [-0.05, 0) is 119 Å². The summed E-state index contributed by atoms with van der Waals surface area (Å²) in [7, 11) is 0. The zero-order chi connectivity index (χ0) is 40.9. The average molecular weight is 753 g/mol. The van der Waals surface area contributed by atoms with Crippen molar-refractivity contribution in [2.45, 2.75) is 201 Å². The predicted octanol–water partition coefficient (Wildman–Crippen LogP) is 13.5. The summed E-state index contributed by atoms with van der Waals surface area (Å²) in [6, 6.07) is 22.0. The van der Waals surface area contributed by atoms with Crippen LogP contribution in [-0.4, -0.2) is 0 Å². The lowest BCUT2D eigenvalue weighted by molar-refractivity contribution is -0.772. The molecule has 2 nitrogen and oxygen atoms in total. The highest BCUT2D eigenvalue weighted by atomic mass is 15.1. The van der Waals surface area contributed by atoms with Crippen LogP contribution in [0.1, 0.15) is 187 Å². The molecule has 1 aliphatic heterocycles. The molecular formula is C54H76N2+2. The number of aryl methyl sites for hydroxylation is 3. The van der Waals surface area contributed by atoms with Crippen LogP contribution >= 0.6 is 0 Å². The number of fused-ring (bicyclic) bond motifs is 5. The molecule has 0 spiro atoms. The smallest absolute Gasteiger partial charge is 0.198 e. The van der Waals surface area contributed by atoms with Crippen molar-refractivity contribution in [2.75, 3.05) is 0 Å². The first-order valence-corrected chi connectivity index (χ1v) is 22.5. The van der Waals surface area contributed by atoms with E-state index in [1.54, 1.807) is 11.1 Å². The van der Waals surface area contributed by atoms with E-state index >= 15 is 0 Å². The predicted molar refractivity (Wildman–Crippen MR) is 238 cm³/mol. The second-order valence-corrected chi connectivity index (χ2v) is 21.7. The minimum Gasteiger partial charge on any atom is -0.198 e. The molecule has 0 saturated heterocycles. The van der Waals surface area contributed by atoms with Gasteiger partial charge in [-0.15, -0.1) is 0 Å². The number of pyridine rings is 2. The summed E-state index contributed by atoms with van der Waals surface area (Å²) >= 11 is 0. The highest BCUT2D eigenvalue weighted by molar-refractivity contribution is 5.68. The standard InChI is InChI=1S/C54H76N2/c1-16-19-23-38-26-27-46-39-24-20-21-25-41(39)53(15,17-2)54(18-3,56(46)35-38)28-22-31-55-36-45-42(48(5,6)29-30-49(45,7)8)34-47(55)40-33-44-43(32-37(40)4)50(9,10)52(13,14)51(44,11)12/h20-21,24-27,32-36H,16-19,22-23,28-31H2,1-15H3/q+2. The van der Waals surface area contributed by atoms with E-state index in [0.717, 1.165) is 38.6 Å². The number of unbranched alkanes of at least 4 members (excludes halogenated alkanes) is 1. The minimum absolute atomic E-state index is 0.0104. The molecule has 0 amide bonds. The summed E-state index contributed by atoms with van der Waals surface area (Å²) in [6.45, 7) is 38.1.